The minimum atomic E-state index is -0.0152. The number of carbonyl (C=O) groups excluding carboxylic acids is 1. The van der Waals surface area contributed by atoms with Gasteiger partial charge in [-0.3, -0.25) is 4.79 Å². The van der Waals surface area contributed by atoms with Gasteiger partial charge in [0.2, 0.25) is 5.91 Å². The Morgan fingerprint density at radius 2 is 2.25 bits per heavy atom. The van der Waals surface area contributed by atoms with Crippen molar-refractivity contribution in [1.29, 1.82) is 0 Å². The number of rotatable bonds is 5. The van der Waals surface area contributed by atoms with Crippen LogP contribution in [0.1, 0.15) is 24.0 Å². The third-order valence-corrected chi connectivity index (χ3v) is 2.78. The maximum atomic E-state index is 11.1. The molecular weight excluding hydrogens is 269 g/mol. The van der Waals surface area contributed by atoms with Gasteiger partial charge in [-0.1, -0.05) is 6.92 Å². The van der Waals surface area contributed by atoms with Crippen molar-refractivity contribution in [3.05, 3.63) is 16.1 Å². The Morgan fingerprint density at radius 1 is 1.56 bits per heavy atom. The zero-order chi connectivity index (χ0) is 10.4. The van der Waals surface area contributed by atoms with Crippen LogP contribution in [0, 0.1) is 0 Å². The first kappa shape index (κ1) is 18.0. The monoisotopic (exact) mass is 285 g/mol. The molecule has 0 saturated carbocycles. The molecule has 3 N–H and O–H groups in total. The highest BCUT2D eigenvalue weighted by molar-refractivity contribution is 7.09. The van der Waals surface area contributed by atoms with E-state index in [0.717, 1.165) is 17.1 Å². The van der Waals surface area contributed by atoms with E-state index in [0.29, 0.717) is 19.5 Å². The summed E-state index contributed by atoms with van der Waals surface area (Å²) in [6.45, 7) is 2.97. The zero-order valence-electron chi connectivity index (χ0n) is 9.06. The molecule has 1 heterocycles. The average molecular weight is 286 g/mol. The maximum Gasteiger partial charge on any atom is 0.221 e. The standard InChI is InChI=1S/C9H15N3OS.2ClH/c1-2-9-12-7(6-14-9)5-11-8(13)3-4-10;;/h6H,2-5,10H2,1H3,(H,11,13);2*1H. The summed E-state index contributed by atoms with van der Waals surface area (Å²) in [6, 6.07) is 0. The molecule has 7 heteroatoms. The summed E-state index contributed by atoms with van der Waals surface area (Å²) >= 11 is 1.63. The Hall–Kier alpha value is -0.360. The molecule has 1 amide bonds. The van der Waals surface area contributed by atoms with E-state index >= 15 is 0 Å². The third-order valence-electron chi connectivity index (χ3n) is 1.74. The fourth-order valence-electron chi connectivity index (χ4n) is 1.00. The Bertz CT molecular complexity index is 307. The molecule has 94 valence electrons. The first-order valence-electron chi connectivity index (χ1n) is 4.66. The van der Waals surface area contributed by atoms with Crippen molar-refractivity contribution in [2.75, 3.05) is 6.54 Å². The number of aryl methyl sites for hydroxylation is 1. The zero-order valence-corrected chi connectivity index (χ0v) is 11.5. The third kappa shape index (κ3) is 6.27. The number of hydrogen-bond donors (Lipinski definition) is 2. The van der Waals surface area contributed by atoms with Gasteiger partial charge in [-0.15, -0.1) is 36.2 Å². The minimum absolute atomic E-state index is 0. The molecular formula is C9H17Cl2N3OS. The van der Waals surface area contributed by atoms with E-state index in [2.05, 4.69) is 17.2 Å². The van der Waals surface area contributed by atoms with Gasteiger partial charge in [-0.25, -0.2) is 4.98 Å². The van der Waals surface area contributed by atoms with Gasteiger partial charge in [0, 0.05) is 18.3 Å². The summed E-state index contributed by atoms with van der Waals surface area (Å²) in [5.41, 5.74) is 6.18. The second-order valence-electron chi connectivity index (χ2n) is 2.90. The van der Waals surface area contributed by atoms with E-state index < -0.39 is 0 Å². The molecule has 0 atom stereocenters. The first-order chi connectivity index (χ1) is 6.76. The number of carbonyl (C=O) groups is 1. The molecule has 1 aromatic heterocycles. The predicted octanol–water partition coefficient (Wildman–Crippen LogP) is 1.51. The van der Waals surface area contributed by atoms with Crippen LogP contribution in [0.4, 0.5) is 0 Å². The number of nitrogens with two attached hydrogens (primary N) is 1. The van der Waals surface area contributed by atoms with Gasteiger partial charge >= 0.3 is 0 Å². The highest BCUT2D eigenvalue weighted by atomic mass is 35.5. The summed E-state index contributed by atoms with van der Waals surface area (Å²) in [5, 5.41) is 5.84. The average Bonchev–Trinajstić information content (AvgIpc) is 2.63. The molecule has 0 aliphatic rings. The summed E-state index contributed by atoms with van der Waals surface area (Å²) < 4.78 is 0. The van der Waals surface area contributed by atoms with Crippen LogP contribution in [0.3, 0.4) is 0 Å². The van der Waals surface area contributed by atoms with Crippen LogP contribution in [0.5, 0.6) is 0 Å². The summed E-state index contributed by atoms with van der Waals surface area (Å²) in [4.78, 5) is 15.4. The highest BCUT2D eigenvalue weighted by Gasteiger charge is 2.02. The number of thiazole rings is 1. The quantitative estimate of drug-likeness (QED) is 0.862. The first-order valence-corrected chi connectivity index (χ1v) is 5.54. The fraction of sp³-hybridized carbons (Fsp3) is 0.556. The highest BCUT2D eigenvalue weighted by Crippen LogP contribution is 2.09. The molecule has 0 bridgehead atoms. The number of nitrogens with zero attached hydrogens (tertiary/aromatic N) is 1. The number of hydrogen-bond acceptors (Lipinski definition) is 4. The topological polar surface area (TPSA) is 68.0 Å². The lowest BCUT2D eigenvalue weighted by Gasteiger charge is -2.00. The molecule has 0 fully saturated rings. The van der Waals surface area contributed by atoms with Crippen molar-refractivity contribution >= 4 is 42.1 Å². The predicted molar refractivity (Wildman–Crippen MR) is 71.5 cm³/mol. The van der Waals surface area contributed by atoms with Crippen LogP contribution in [0.2, 0.25) is 0 Å². The Kier molecular flexibility index (Phi) is 11.1. The van der Waals surface area contributed by atoms with E-state index in [9.17, 15) is 4.79 Å². The Labute approximate surface area is 112 Å². The molecule has 0 aromatic carbocycles. The number of halogens is 2. The molecule has 0 aliphatic heterocycles. The molecule has 0 spiro atoms. The number of amides is 1. The lowest BCUT2D eigenvalue weighted by molar-refractivity contribution is -0.121. The maximum absolute atomic E-state index is 11.1. The van der Waals surface area contributed by atoms with E-state index in [1.54, 1.807) is 11.3 Å². The molecule has 1 aromatic rings. The lowest BCUT2D eigenvalue weighted by Crippen LogP contribution is -2.25. The SMILES string of the molecule is CCc1nc(CNC(=O)CCN)cs1.Cl.Cl. The van der Waals surface area contributed by atoms with E-state index in [-0.39, 0.29) is 30.7 Å². The number of nitrogens with one attached hydrogen (secondary N) is 1. The van der Waals surface area contributed by atoms with Crippen LogP contribution >= 0.6 is 36.2 Å². The summed E-state index contributed by atoms with van der Waals surface area (Å²) in [5.74, 6) is -0.0152. The van der Waals surface area contributed by atoms with Gasteiger partial charge in [0.05, 0.1) is 17.2 Å². The van der Waals surface area contributed by atoms with Crippen LogP contribution in [0.25, 0.3) is 0 Å². The van der Waals surface area contributed by atoms with E-state index in [4.69, 9.17) is 5.73 Å². The van der Waals surface area contributed by atoms with Crippen LogP contribution < -0.4 is 11.1 Å². The van der Waals surface area contributed by atoms with Gasteiger partial charge in [0.15, 0.2) is 0 Å². The van der Waals surface area contributed by atoms with E-state index in [1.807, 2.05) is 5.38 Å². The van der Waals surface area contributed by atoms with Crippen LogP contribution in [-0.4, -0.2) is 17.4 Å². The molecule has 0 saturated heterocycles. The van der Waals surface area contributed by atoms with Crippen molar-refractivity contribution < 1.29 is 4.79 Å². The smallest absolute Gasteiger partial charge is 0.221 e. The van der Waals surface area contributed by atoms with Crippen molar-refractivity contribution in [3.8, 4) is 0 Å². The molecule has 1 rings (SSSR count). The van der Waals surface area contributed by atoms with Gasteiger partial charge in [0.25, 0.3) is 0 Å². The van der Waals surface area contributed by atoms with Crippen molar-refractivity contribution in [2.45, 2.75) is 26.3 Å². The van der Waals surface area contributed by atoms with Crippen LogP contribution in [0.15, 0.2) is 5.38 Å². The normalized spacial score (nSPS) is 8.88. The Morgan fingerprint density at radius 3 is 2.75 bits per heavy atom. The largest absolute Gasteiger partial charge is 0.350 e. The lowest BCUT2D eigenvalue weighted by atomic mass is 10.4. The summed E-state index contributed by atoms with van der Waals surface area (Å²) in [6.07, 6.45) is 1.33. The van der Waals surface area contributed by atoms with Gasteiger partial charge in [0.1, 0.15) is 0 Å². The second kappa shape index (κ2) is 9.84. The van der Waals surface area contributed by atoms with Gasteiger partial charge < -0.3 is 11.1 Å². The second-order valence-corrected chi connectivity index (χ2v) is 3.84. The summed E-state index contributed by atoms with van der Waals surface area (Å²) in [7, 11) is 0. The molecule has 16 heavy (non-hydrogen) atoms. The number of aromatic nitrogens is 1. The van der Waals surface area contributed by atoms with Crippen LogP contribution in [-0.2, 0) is 17.8 Å². The van der Waals surface area contributed by atoms with Gasteiger partial charge in [-0.05, 0) is 6.42 Å². The molecule has 0 aliphatic carbocycles. The van der Waals surface area contributed by atoms with Crippen molar-refractivity contribution in [3.63, 3.8) is 0 Å². The molecule has 0 radical (unpaired) electrons. The molecule has 0 unspecified atom stereocenters. The fourth-order valence-corrected chi connectivity index (χ4v) is 1.75. The van der Waals surface area contributed by atoms with Gasteiger partial charge in [-0.2, -0.15) is 0 Å². The van der Waals surface area contributed by atoms with E-state index in [1.165, 1.54) is 0 Å². The van der Waals surface area contributed by atoms with Crippen molar-refractivity contribution in [2.24, 2.45) is 5.73 Å². The Balaban J connectivity index is 0. The molecule has 4 nitrogen and oxygen atoms in total. The van der Waals surface area contributed by atoms with Crippen molar-refractivity contribution in [1.82, 2.24) is 10.3 Å². The minimum Gasteiger partial charge on any atom is -0.350 e.